The van der Waals surface area contributed by atoms with E-state index in [1.54, 1.807) is 16.8 Å². The number of amides is 1. The van der Waals surface area contributed by atoms with Crippen LogP contribution in [0.2, 0.25) is 0 Å². The van der Waals surface area contributed by atoms with Gasteiger partial charge in [-0.25, -0.2) is 5.43 Å². The van der Waals surface area contributed by atoms with Crippen LogP contribution < -0.4 is 5.43 Å². The monoisotopic (exact) mass is 432 g/mol. The van der Waals surface area contributed by atoms with Crippen LogP contribution in [-0.4, -0.2) is 43.2 Å². The Morgan fingerprint density at radius 1 is 1.31 bits per heavy atom. The highest BCUT2D eigenvalue weighted by Crippen LogP contribution is 2.20. The minimum Gasteiger partial charge on any atom is -0.507 e. The molecule has 0 radical (unpaired) electrons. The van der Waals surface area contributed by atoms with Crippen molar-refractivity contribution in [2.45, 2.75) is 5.16 Å². The summed E-state index contributed by atoms with van der Waals surface area (Å²) in [7, 11) is 0. The Morgan fingerprint density at radius 3 is 2.92 bits per heavy atom. The number of phenolic OH excluding ortho intramolecular Hbond substituents is 1. The number of aromatic nitrogens is 4. The zero-order valence-corrected chi connectivity index (χ0v) is 15.7. The lowest BCUT2D eigenvalue weighted by molar-refractivity contribution is -0.118. The number of nitrogens with one attached hydrogen (secondary N) is 1. The first kappa shape index (κ1) is 18.1. The van der Waals surface area contributed by atoms with E-state index in [1.165, 1.54) is 24.0 Å². The van der Waals surface area contributed by atoms with Crippen molar-refractivity contribution in [2.75, 3.05) is 5.75 Å². The average molecular weight is 433 g/mol. The zero-order chi connectivity index (χ0) is 18.4. The van der Waals surface area contributed by atoms with Gasteiger partial charge in [0.15, 0.2) is 0 Å². The van der Waals surface area contributed by atoms with Gasteiger partial charge in [-0.1, -0.05) is 45.9 Å². The molecule has 3 rings (SSSR count). The molecule has 0 spiro atoms. The van der Waals surface area contributed by atoms with Crippen molar-refractivity contribution in [1.82, 2.24) is 25.6 Å². The SMILES string of the molecule is O=C(CSc1nnnn1-c1ccccc1)N/N=C\c1cc(Br)ccc1O. The predicted octanol–water partition coefficient (Wildman–Crippen LogP) is 2.37. The van der Waals surface area contributed by atoms with E-state index in [1.807, 2.05) is 30.3 Å². The van der Waals surface area contributed by atoms with E-state index in [2.05, 4.69) is 42.0 Å². The normalized spacial score (nSPS) is 11.0. The third kappa shape index (κ3) is 4.67. The first-order valence-corrected chi connectivity index (χ1v) is 9.18. The highest BCUT2D eigenvalue weighted by molar-refractivity contribution is 9.10. The maximum atomic E-state index is 11.9. The molecule has 0 atom stereocenters. The van der Waals surface area contributed by atoms with E-state index in [0.717, 1.165) is 10.2 Å². The molecule has 8 nitrogen and oxygen atoms in total. The largest absolute Gasteiger partial charge is 0.507 e. The van der Waals surface area contributed by atoms with E-state index in [-0.39, 0.29) is 17.4 Å². The first-order valence-electron chi connectivity index (χ1n) is 7.40. The molecule has 1 heterocycles. The number of carbonyl (C=O) groups excluding carboxylic acids is 1. The molecule has 26 heavy (non-hydrogen) atoms. The Bertz CT molecular complexity index is 931. The van der Waals surface area contributed by atoms with Gasteiger partial charge in [0.25, 0.3) is 5.91 Å². The van der Waals surface area contributed by atoms with Crippen molar-refractivity contribution in [3.63, 3.8) is 0 Å². The number of aromatic hydroxyl groups is 1. The maximum absolute atomic E-state index is 11.9. The van der Waals surface area contributed by atoms with Crippen LogP contribution in [0.4, 0.5) is 0 Å². The average Bonchev–Trinajstić information content (AvgIpc) is 3.12. The second-order valence-corrected chi connectivity index (χ2v) is 6.85. The van der Waals surface area contributed by atoms with Crippen molar-refractivity contribution in [1.29, 1.82) is 0 Å². The van der Waals surface area contributed by atoms with Crippen molar-refractivity contribution in [2.24, 2.45) is 5.10 Å². The number of phenols is 1. The molecule has 0 fully saturated rings. The van der Waals surface area contributed by atoms with Gasteiger partial charge >= 0.3 is 0 Å². The molecule has 0 saturated carbocycles. The van der Waals surface area contributed by atoms with Crippen LogP contribution in [0.1, 0.15) is 5.56 Å². The van der Waals surface area contributed by atoms with Gasteiger partial charge in [-0.05, 0) is 40.8 Å². The number of hydrazone groups is 1. The molecule has 2 N–H and O–H groups in total. The van der Waals surface area contributed by atoms with Crippen molar-refractivity contribution in [3.8, 4) is 11.4 Å². The fraction of sp³-hybridized carbons (Fsp3) is 0.0625. The molecule has 132 valence electrons. The van der Waals surface area contributed by atoms with Crippen LogP contribution in [-0.2, 0) is 4.79 Å². The minimum atomic E-state index is -0.316. The van der Waals surface area contributed by atoms with Gasteiger partial charge in [-0.15, -0.1) is 5.10 Å². The van der Waals surface area contributed by atoms with E-state index in [4.69, 9.17) is 0 Å². The molecule has 0 saturated heterocycles. The number of thioether (sulfide) groups is 1. The summed E-state index contributed by atoms with van der Waals surface area (Å²) >= 11 is 4.50. The van der Waals surface area contributed by atoms with E-state index in [9.17, 15) is 9.90 Å². The number of halogens is 1. The molecular weight excluding hydrogens is 420 g/mol. The van der Waals surface area contributed by atoms with E-state index >= 15 is 0 Å². The summed E-state index contributed by atoms with van der Waals surface area (Å²) in [6.07, 6.45) is 1.37. The summed E-state index contributed by atoms with van der Waals surface area (Å²) in [6.45, 7) is 0. The smallest absolute Gasteiger partial charge is 0.250 e. The summed E-state index contributed by atoms with van der Waals surface area (Å²) in [4.78, 5) is 11.9. The Morgan fingerprint density at radius 2 is 2.12 bits per heavy atom. The summed E-state index contributed by atoms with van der Waals surface area (Å²) in [5.74, 6) is -0.152. The molecule has 0 aliphatic carbocycles. The fourth-order valence-electron chi connectivity index (χ4n) is 1.97. The Kier molecular flexibility index (Phi) is 5.97. The number of rotatable bonds is 6. The quantitative estimate of drug-likeness (QED) is 0.351. The lowest BCUT2D eigenvalue weighted by Crippen LogP contribution is -2.20. The van der Waals surface area contributed by atoms with E-state index in [0.29, 0.717) is 10.7 Å². The summed E-state index contributed by atoms with van der Waals surface area (Å²) in [5, 5.41) is 25.6. The molecule has 2 aromatic carbocycles. The Hall–Kier alpha value is -2.72. The third-order valence-electron chi connectivity index (χ3n) is 3.16. The van der Waals surface area contributed by atoms with Crippen LogP contribution in [0.3, 0.4) is 0 Å². The molecule has 0 unspecified atom stereocenters. The second kappa shape index (κ2) is 8.59. The highest BCUT2D eigenvalue weighted by Gasteiger charge is 2.11. The number of tetrazole rings is 1. The van der Waals surface area contributed by atoms with Crippen LogP contribution in [0, 0.1) is 0 Å². The van der Waals surface area contributed by atoms with Crippen LogP contribution >= 0.6 is 27.7 Å². The van der Waals surface area contributed by atoms with Crippen molar-refractivity contribution in [3.05, 3.63) is 58.6 Å². The van der Waals surface area contributed by atoms with Gasteiger partial charge in [-0.2, -0.15) is 9.78 Å². The number of benzene rings is 2. The number of hydrogen-bond acceptors (Lipinski definition) is 7. The molecule has 1 amide bonds. The summed E-state index contributed by atoms with van der Waals surface area (Å²) in [5.41, 5.74) is 3.70. The lowest BCUT2D eigenvalue weighted by atomic mass is 10.2. The highest BCUT2D eigenvalue weighted by atomic mass is 79.9. The molecule has 10 heteroatoms. The maximum Gasteiger partial charge on any atom is 0.250 e. The molecule has 1 aromatic heterocycles. The molecule has 3 aromatic rings. The number of hydrogen-bond donors (Lipinski definition) is 2. The van der Waals surface area contributed by atoms with Crippen molar-refractivity contribution >= 4 is 39.8 Å². The summed E-state index contributed by atoms with van der Waals surface area (Å²) < 4.78 is 2.35. The third-order valence-corrected chi connectivity index (χ3v) is 4.57. The predicted molar refractivity (Wildman–Crippen MR) is 101 cm³/mol. The van der Waals surface area contributed by atoms with Gasteiger partial charge in [0.1, 0.15) is 5.75 Å². The zero-order valence-electron chi connectivity index (χ0n) is 13.3. The second-order valence-electron chi connectivity index (χ2n) is 4.99. The number of nitrogens with zero attached hydrogens (tertiary/aromatic N) is 5. The summed E-state index contributed by atoms with van der Waals surface area (Å²) in [6, 6.07) is 14.3. The van der Waals surface area contributed by atoms with Crippen LogP contribution in [0.15, 0.2) is 63.3 Å². The number of para-hydroxylation sites is 1. The van der Waals surface area contributed by atoms with Crippen molar-refractivity contribution < 1.29 is 9.90 Å². The Balaban J connectivity index is 1.56. The van der Waals surface area contributed by atoms with Gasteiger partial charge in [0, 0.05) is 10.0 Å². The number of carbonyl (C=O) groups is 1. The topological polar surface area (TPSA) is 105 Å². The van der Waals surface area contributed by atoms with Gasteiger partial charge < -0.3 is 5.11 Å². The van der Waals surface area contributed by atoms with Gasteiger partial charge in [0.2, 0.25) is 5.16 Å². The van der Waals surface area contributed by atoms with Crippen LogP contribution in [0.25, 0.3) is 5.69 Å². The Labute approximate surface area is 161 Å². The fourth-order valence-corrected chi connectivity index (χ4v) is 3.03. The molecule has 0 aliphatic heterocycles. The first-order chi connectivity index (χ1) is 12.6. The van der Waals surface area contributed by atoms with Gasteiger partial charge in [-0.3, -0.25) is 4.79 Å². The van der Waals surface area contributed by atoms with Gasteiger partial charge in [0.05, 0.1) is 17.7 Å². The lowest BCUT2D eigenvalue weighted by Gasteiger charge is -2.03. The molecule has 0 aliphatic rings. The molecular formula is C16H13BrN6O2S. The standard InChI is InChI=1S/C16H13BrN6O2S/c17-12-6-7-14(24)11(8-12)9-18-19-15(25)10-26-16-20-21-22-23(16)13-4-2-1-3-5-13/h1-9,24H,10H2,(H,19,25)/b18-9-. The minimum absolute atomic E-state index is 0.0719. The van der Waals surface area contributed by atoms with Crippen LogP contribution in [0.5, 0.6) is 5.75 Å². The molecule has 0 bridgehead atoms. The van der Waals surface area contributed by atoms with E-state index < -0.39 is 0 Å².